The van der Waals surface area contributed by atoms with Gasteiger partial charge in [-0.15, -0.1) is 0 Å². The number of hydrogen-bond donors (Lipinski definition) is 0. The van der Waals surface area contributed by atoms with E-state index in [1.54, 1.807) is 0 Å². The van der Waals surface area contributed by atoms with Crippen molar-refractivity contribution in [2.75, 3.05) is 6.61 Å². The summed E-state index contributed by atoms with van der Waals surface area (Å²) in [4.78, 5) is 0. The van der Waals surface area contributed by atoms with Crippen LogP contribution in [-0.4, -0.2) is 6.61 Å². The van der Waals surface area contributed by atoms with E-state index in [0.29, 0.717) is 5.92 Å². The molecule has 0 bridgehead atoms. The van der Waals surface area contributed by atoms with Crippen LogP contribution in [0.4, 0.5) is 0 Å². The van der Waals surface area contributed by atoms with E-state index in [1.165, 1.54) is 32.1 Å². The minimum absolute atomic E-state index is 0.584. The van der Waals surface area contributed by atoms with E-state index in [4.69, 9.17) is 4.74 Å². The monoisotopic (exact) mass is 334 g/mol. The third-order valence-corrected chi connectivity index (χ3v) is 4.80. The molecular weight excluding hydrogens is 304 g/mol. The minimum atomic E-state index is 0.584. The molecule has 0 saturated heterocycles. The highest BCUT2D eigenvalue weighted by molar-refractivity contribution is 5.40. The molecule has 0 heterocycles. The largest absolute Gasteiger partial charge is 0.494 e. The maximum Gasteiger partial charge on any atom is 0.119 e. The summed E-state index contributed by atoms with van der Waals surface area (Å²) < 4.78 is 5.65. The third kappa shape index (κ3) is 7.53. The Kier molecular flexibility index (Phi) is 8.79. The molecule has 1 fully saturated rings. The predicted octanol–water partition coefficient (Wildman–Crippen LogP) is 5.99. The van der Waals surface area contributed by atoms with Crippen molar-refractivity contribution < 1.29 is 4.74 Å². The van der Waals surface area contributed by atoms with Crippen molar-refractivity contribution in [3.8, 4) is 29.4 Å². The van der Waals surface area contributed by atoms with E-state index in [2.05, 4.69) is 37.5 Å². The number of hydrogen-bond acceptors (Lipinski definition) is 1. The number of benzene rings is 1. The Hall–Kier alpha value is -2.12. The predicted molar refractivity (Wildman–Crippen MR) is 106 cm³/mol. The van der Waals surface area contributed by atoms with Gasteiger partial charge in [-0.1, -0.05) is 50.4 Å². The van der Waals surface area contributed by atoms with Gasteiger partial charge >= 0.3 is 0 Å². The van der Waals surface area contributed by atoms with E-state index in [1.807, 2.05) is 36.4 Å². The highest BCUT2D eigenvalue weighted by Crippen LogP contribution is 2.29. The molecule has 0 amide bonds. The fourth-order valence-corrected chi connectivity index (χ4v) is 3.06. The van der Waals surface area contributed by atoms with Gasteiger partial charge in [0.2, 0.25) is 0 Å². The summed E-state index contributed by atoms with van der Waals surface area (Å²) in [5.74, 6) is 15.2. The van der Waals surface area contributed by atoms with Crippen LogP contribution in [-0.2, 0) is 0 Å². The van der Waals surface area contributed by atoms with E-state index < -0.39 is 0 Å². The quantitative estimate of drug-likeness (QED) is 0.474. The normalized spacial score (nSPS) is 19.6. The van der Waals surface area contributed by atoms with Crippen molar-refractivity contribution in [1.82, 2.24) is 0 Å². The first kappa shape index (κ1) is 19.2. The van der Waals surface area contributed by atoms with Crippen molar-refractivity contribution >= 4 is 0 Å². The first-order chi connectivity index (χ1) is 12.3. The summed E-state index contributed by atoms with van der Waals surface area (Å²) in [5.41, 5.74) is 0.998. The second kappa shape index (κ2) is 11.4. The molecule has 1 heteroatoms. The molecule has 1 aliphatic carbocycles. The van der Waals surface area contributed by atoms with E-state index in [0.717, 1.165) is 36.7 Å². The molecule has 0 unspecified atom stereocenters. The standard InChI is InChI=1S/C24H30O/c1-3-5-20-25-24-18-16-23(17-19-24)11-9-7-6-8-10-22-14-12-21(4-2)13-15-22/h6-7,16-19,21-22H,3-5,12-15,20H2,1-2H3/b7-6+. The molecule has 0 spiro atoms. The van der Waals surface area contributed by atoms with Crippen LogP contribution in [0.1, 0.15) is 64.4 Å². The summed E-state index contributed by atoms with van der Waals surface area (Å²) in [6.45, 7) is 5.24. The average Bonchev–Trinajstić information content (AvgIpc) is 2.66. The number of rotatable bonds is 5. The van der Waals surface area contributed by atoms with Crippen LogP contribution in [0.3, 0.4) is 0 Å². The Morgan fingerprint density at radius 3 is 2.40 bits per heavy atom. The van der Waals surface area contributed by atoms with Gasteiger partial charge in [0.1, 0.15) is 5.75 Å². The molecule has 1 aromatic rings. The van der Waals surface area contributed by atoms with Crippen molar-refractivity contribution in [3.05, 3.63) is 42.0 Å². The van der Waals surface area contributed by atoms with Crippen LogP contribution in [0.2, 0.25) is 0 Å². The van der Waals surface area contributed by atoms with E-state index in [-0.39, 0.29) is 0 Å². The van der Waals surface area contributed by atoms with Crippen LogP contribution in [0.5, 0.6) is 5.75 Å². The maximum atomic E-state index is 5.65. The minimum Gasteiger partial charge on any atom is -0.494 e. The highest BCUT2D eigenvalue weighted by Gasteiger charge is 2.17. The fourth-order valence-electron chi connectivity index (χ4n) is 3.06. The molecule has 0 N–H and O–H groups in total. The molecular formula is C24H30O. The topological polar surface area (TPSA) is 9.23 Å². The molecule has 0 aromatic heterocycles. The lowest BCUT2D eigenvalue weighted by molar-refractivity contribution is 0.309. The van der Waals surface area contributed by atoms with E-state index in [9.17, 15) is 0 Å². The SMILES string of the molecule is CCCCOc1ccc(C#C/C=C/C#CC2CCC(CC)CC2)cc1. The second-order valence-corrected chi connectivity index (χ2v) is 6.74. The summed E-state index contributed by atoms with van der Waals surface area (Å²) in [6.07, 6.45) is 12.5. The molecule has 1 saturated carbocycles. The van der Waals surface area contributed by atoms with Crippen LogP contribution in [0.15, 0.2) is 36.4 Å². The van der Waals surface area contributed by atoms with Gasteiger partial charge in [-0.05, 0) is 74.4 Å². The van der Waals surface area contributed by atoms with Crippen molar-refractivity contribution in [2.24, 2.45) is 11.8 Å². The van der Waals surface area contributed by atoms with Gasteiger partial charge in [0.25, 0.3) is 0 Å². The molecule has 1 nitrogen and oxygen atoms in total. The van der Waals surface area contributed by atoms with Gasteiger partial charge in [-0.3, -0.25) is 0 Å². The molecule has 1 aromatic carbocycles. The number of ether oxygens (including phenoxy) is 1. The summed E-state index contributed by atoms with van der Waals surface area (Å²) in [7, 11) is 0. The highest BCUT2D eigenvalue weighted by atomic mass is 16.5. The molecule has 2 rings (SSSR count). The van der Waals surface area contributed by atoms with Gasteiger partial charge in [0.05, 0.1) is 6.61 Å². The first-order valence-electron chi connectivity index (χ1n) is 9.72. The van der Waals surface area contributed by atoms with Gasteiger partial charge in [0, 0.05) is 11.5 Å². The maximum absolute atomic E-state index is 5.65. The average molecular weight is 335 g/mol. The van der Waals surface area contributed by atoms with Gasteiger partial charge < -0.3 is 4.74 Å². The zero-order chi connectivity index (χ0) is 17.7. The van der Waals surface area contributed by atoms with Gasteiger partial charge in [0.15, 0.2) is 0 Å². The Labute approximate surface area is 153 Å². The molecule has 132 valence electrons. The Morgan fingerprint density at radius 2 is 1.72 bits per heavy atom. The Morgan fingerprint density at radius 1 is 1.00 bits per heavy atom. The van der Waals surface area contributed by atoms with Crippen LogP contribution >= 0.6 is 0 Å². The van der Waals surface area contributed by atoms with Gasteiger partial charge in [-0.25, -0.2) is 0 Å². The molecule has 0 aliphatic heterocycles. The fraction of sp³-hybridized carbons (Fsp3) is 0.500. The molecule has 0 atom stereocenters. The van der Waals surface area contributed by atoms with Crippen LogP contribution < -0.4 is 4.74 Å². The third-order valence-electron chi connectivity index (χ3n) is 4.80. The van der Waals surface area contributed by atoms with E-state index >= 15 is 0 Å². The lowest BCUT2D eigenvalue weighted by atomic mass is 9.81. The molecule has 25 heavy (non-hydrogen) atoms. The second-order valence-electron chi connectivity index (χ2n) is 6.74. The smallest absolute Gasteiger partial charge is 0.119 e. The number of allylic oxidation sites excluding steroid dienone is 2. The molecule has 0 radical (unpaired) electrons. The Bertz CT molecular complexity index is 637. The summed E-state index contributed by atoms with van der Waals surface area (Å²) in [6, 6.07) is 7.96. The van der Waals surface area contributed by atoms with Crippen molar-refractivity contribution in [1.29, 1.82) is 0 Å². The summed E-state index contributed by atoms with van der Waals surface area (Å²) in [5, 5.41) is 0. The zero-order valence-corrected chi connectivity index (χ0v) is 15.7. The zero-order valence-electron chi connectivity index (χ0n) is 15.7. The lowest BCUT2D eigenvalue weighted by Crippen LogP contribution is -2.12. The van der Waals surface area contributed by atoms with Crippen LogP contribution in [0, 0.1) is 35.5 Å². The number of unbranched alkanes of at least 4 members (excludes halogenated alkanes) is 1. The summed E-state index contributed by atoms with van der Waals surface area (Å²) >= 11 is 0. The van der Waals surface area contributed by atoms with Gasteiger partial charge in [-0.2, -0.15) is 0 Å². The molecule has 1 aliphatic rings. The first-order valence-corrected chi connectivity index (χ1v) is 9.72. The van der Waals surface area contributed by atoms with Crippen molar-refractivity contribution in [3.63, 3.8) is 0 Å². The van der Waals surface area contributed by atoms with Crippen LogP contribution in [0.25, 0.3) is 0 Å². The van der Waals surface area contributed by atoms with Crippen molar-refractivity contribution in [2.45, 2.75) is 58.8 Å². The lowest BCUT2D eigenvalue weighted by Gasteiger charge is -2.24. The Balaban J connectivity index is 1.75.